The van der Waals surface area contributed by atoms with E-state index in [0.717, 1.165) is 56.2 Å². The number of aromatic amines is 2. The fourth-order valence-corrected chi connectivity index (χ4v) is 8.20. The lowest BCUT2D eigenvalue weighted by molar-refractivity contribution is 0.477. The summed E-state index contributed by atoms with van der Waals surface area (Å²) < 4.78 is 6.30. The van der Waals surface area contributed by atoms with Crippen molar-refractivity contribution in [1.82, 2.24) is 9.97 Å². The first kappa shape index (κ1) is 28.8. The van der Waals surface area contributed by atoms with Gasteiger partial charge in [-0.3, -0.25) is 0 Å². The zero-order valence-corrected chi connectivity index (χ0v) is 28.1. The van der Waals surface area contributed by atoms with Gasteiger partial charge in [0.05, 0.1) is 11.4 Å². The average molecular weight is 666 g/mol. The van der Waals surface area contributed by atoms with Gasteiger partial charge in [0.1, 0.15) is 0 Å². The molecule has 0 radical (unpaired) electrons. The van der Waals surface area contributed by atoms with Crippen LogP contribution in [0.2, 0.25) is 0 Å². The van der Waals surface area contributed by atoms with Gasteiger partial charge in [0.2, 0.25) is 0 Å². The number of nitrogens with zero attached hydrogens (tertiary/aromatic N) is 1. The number of hydrogen-bond acceptors (Lipinski definition) is 2. The second-order valence-electron chi connectivity index (χ2n) is 13.5. The molecule has 52 heavy (non-hydrogen) atoms. The third-order valence-corrected chi connectivity index (χ3v) is 10.5. The first-order valence-electron chi connectivity index (χ1n) is 17.7. The Kier molecular flexibility index (Phi) is 6.22. The Morgan fingerprint density at radius 1 is 0.385 bits per heavy atom. The molecule has 0 atom stereocenters. The third-order valence-electron chi connectivity index (χ3n) is 10.5. The molecule has 0 bridgehead atoms. The number of ether oxygens (including phenoxy) is 1. The van der Waals surface area contributed by atoms with Crippen molar-refractivity contribution in [2.24, 2.45) is 0 Å². The van der Waals surface area contributed by atoms with Gasteiger partial charge in [-0.05, 0) is 100 Å². The van der Waals surface area contributed by atoms with Crippen LogP contribution in [0.15, 0.2) is 176 Å². The highest BCUT2D eigenvalue weighted by Crippen LogP contribution is 2.51. The number of benzene rings is 8. The minimum Gasteiger partial charge on any atom is -0.453 e. The molecule has 0 spiro atoms. The minimum absolute atomic E-state index is 0.845. The summed E-state index contributed by atoms with van der Waals surface area (Å²) in [6.45, 7) is 0. The van der Waals surface area contributed by atoms with Gasteiger partial charge in [-0.2, -0.15) is 0 Å². The Balaban J connectivity index is 1.16. The summed E-state index contributed by atoms with van der Waals surface area (Å²) in [5.41, 5.74) is 14.8. The second-order valence-corrected chi connectivity index (χ2v) is 13.5. The van der Waals surface area contributed by atoms with Crippen LogP contribution >= 0.6 is 0 Å². The standard InChI is InChI=1S/C48H31N3O/c1-2-12-31(13-3-1)47-34(26-27-41-48(47)35-15-5-7-17-40(35)49-41)37-28-38-33-14-4-6-16-39(33)50-42(38)29-36(37)30-22-24-32(25-23-30)51-43-18-8-10-20-45(43)52-46-21-11-9-19-44(46)51/h1-29,49-50H. The van der Waals surface area contributed by atoms with Gasteiger partial charge in [0, 0.05) is 49.3 Å². The predicted molar refractivity (Wildman–Crippen MR) is 216 cm³/mol. The molecule has 2 N–H and O–H groups in total. The molecule has 3 heterocycles. The number of aromatic nitrogens is 2. The first-order valence-corrected chi connectivity index (χ1v) is 17.7. The van der Waals surface area contributed by atoms with Crippen molar-refractivity contribution < 1.29 is 4.74 Å². The number of para-hydroxylation sites is 6. The SMILES string of the molecule is c1ccc(-c2c(-c3cc4c(cc3-c3ccc(N5c6ccccc6Oc6ccccc65)cc3)[nH]c3ccccc34)ccc3[nH]c4ccccc4c23)cc1. The van der Waals surface area contributed by atoms with Crippen LogP contribution < -0.4 is 9.64 Å². The van der Waals surface area contributed by atoms with E-state index >= 15 is 0 Å². The molecule has 1 aliphatic rings. The number of hydrogen-bond donors (Lipinski definition) is 2. The summed E-state index contributed by atoms with van der Waals surface area (Å²) in [5.74, 6) is 1.69. The maximum atomic E-state index is 6.30. The van der Waals surface area contributed by atoms with Crippen LogP contribution in [-0.2, 0) is 0 Å². The summed E-state index contributed by atoms with van der Waals surface area (Å²) in [6, 6.07) is 62.8. The van der Waals surface area contributed by atoms with Crippen molar-refractivity contribution in [2.45, 2.75) is 0 Å². The number of fused-ring (bicyclic) bond motifs is 8. The summed E-state index contributed by atoms with van der Waals surface area (Å²) in [4.78, 5) is 9.71. The average Bonchev–Trinajstić information content (AvgIpc) is 3.77. The summed E-state index contributed by atoms with van der Waals surface area (Å²) in [5, 5.41) is 4.90. The van der Waals surface area contributed by atoms with Crippen molar-refractivity contribution in [1.29, 1.82) is 0 Å². The van der Waals surface area contributed by atoms with E-state index < -0.39 is 0 Å². The number of H-pyrrole nitrogens is 2. The molecule has 0 unspecified atom stereocenters. The molecular weight excluding hydrogens is 635 g/mol. The monoisotopic (exact) mass is 665 g/mol. The predicted octanol–water partition coefficient (Wildman–Crippen LogP) is 13.5. The van der Waals surface area contributed by atoms with Gasteiger partial charge in [-0.25, -0.2) is 0 Å². The molecule has 8 aromatic carbocycles. The minimum atomic E-state index is 0.845. The quantitative estimate of drug-likeness (QED) is 0.196. The van der Waals surface area contributed by atoms with Crippen LogP contribution in [0.1, 0.15) is 0 Å². The van der Waals surface area contributed by atoms with Crippen LogP contribution in [-0.4, -0.2) is 9.97 Å². The van der Waals surface area contributed by atoms with Crippen molar-refractivity contribution in [3.8, 4) is 44.9 Å². The van der Waals surface area contributed by atoms with Crippen molar-refractivity contribution in [3.63, 3.8) is 0 Å². The van der Waals surface area contributed by atoms with E-state index in [-0.39, 0.29) is 0 Å². The van der Waals surface area contributed by atoms with E-state index in [0.29, 0.717) is 0 Å². The van der Waals surface area contributed by atoms with Crippen LogP contribution in [0.5, 0.6) is 11.5 Å². The third kappa shape index (κ3) is 4.34. The van der Waals surface area contributed by atoms with Gasteiger partial charge < -0.3 is 19.6 Å². The van der Waals surface area contributed by atoms with Crippen LogP contribution in [0.4, 0.5) is 17.1 Å². The van der Waals surface area contributed by atoms with E-state index in [2.05, 4.69) is 167 Å². The van der Waals surface area contributed by atoms with E-state index in [9.17, 15) is 0 Å². The lowest BCUT2D eigenvalue weighted by Crippen LogP contribution is -2.15. The highest BCUT2D eigenvalue weighted by atomic mass is 16.5. The van der Waals surface area contributed by atoms with E-state index in [4.69, 9.17) is 4.74 Å². The summed E-state index contributed by atoms with van der Waals surface area (Å²) >= 11 is 0. The Labute approximate surface area is 300 Å². The fourth-order valence-electron chi connectivity index (χ4n) is 8.20. The normalized spacial score (nSPS) is 12.3. The molecule has 1 aliphatic heterocycles. The highest BCUT2D eigenvalue weighted by molar-refractivity contribution is 6.19. The molecule has 0 amide bonds. The molecule has 4 nitrogen and oxygen atoms in total. The molecule has 10 aromatic rings. The van der Waals surface area contributed by atoms with Crippen LogP contribution in [0.25, 0.3) is 77.0 Å². The lowest BCUT2D eigenvalue weighted by atomic mass is 9.86. The summed E-state index contributed by atoms with van der Waals surface area (Å²) in [7, 11) is 0. The number of rotatable bonds is 4. The molecule has 0 saturated heterocycles. The van der Waals surface area contributed by atoms with E-state index in [1.807, 2.05) is 24.3 Å². The summed E-state index contributed by atoms with van der Waals surface area (Å²) in [6.07, 6.45) is 0. The van der Waals surface area contributed by atoms with E-state index in [1.54, 1.807) is 0 Å². The van der Waals surface area contributed by atoms with Gasteiger partial charge in [-0.15, -0.1) is 0 Å². The fraction of sp³-hybridized carbons (Fsp3) is 0. The van der Waals surface area contributed by atoms with Gasteiger partial charge >= 0.3 is 0 Å². The van der Waals surface area contributed by atoms with Crippen LogP contribution in [0, 0.1) is 0 Å². The Bertz CT molecular complexity index is 2940. The Morgan fingerprint density at radius 2 is 1.00 bits per heavy atom. The zero-order valence-electron chi connectivity index (χ0n) is 28.1. The van der Waals surface area contributed by atoms with Crippen molar-refractivity contribution in [3.05, 3.63) is 176 Å². The molecule has 2 aromatic heterocycles. The maximum absolute atomic E-state index is 6.30. The molecule has 0 aliphatic carbocycles. The topological polar surface area (TPSA) is 44.0 Å². The highest BCUT2D eigenvalue weighted by Gasteiger charge is 2.26. The zero-order chi connectivity index (χ0) is 34.2. The van der Waals surface area contributed by atoms with Gasteiger partial charge in [0.25, 0.3) is 0 Å². The Hall–Kier alpha value is -7.04. The van der Waals surface area contributed by atoms with E-state index in [1.165, 1.54) is 49.4 Å². The first-order chi connectivity index (χ1) is 25.8. The number of anilines is 3. The molecule has 0 fully saturated rings. The molecular formula is C48H31N3O. The molecule has 11 rings (SSSR count). The molecule has 4 heteroatoms. The Morgan fingerprint density at radius 3 is 1.75 bits per heavy atom. The molecule has 0 saturated carbocycles. The van der Waals surface area contributed by atoms with Gasteiger partial charge in [0.15, 0.2) is 11.5 Å². The second kappa shape index (κ2) is 11.2. The largest absolute Gasteiger partial charge is 0.453 e. The number of nitrogens with one attached hydrogen (secondary N) is 2. The maximum Gasteiger partial charge on any atom is 0.151 e. The smallest absolute Gasteiger partial charge is 0.151 e. The van der Waals surface area contributed by atoms with Crippen molar-refractivity contribution >= 4 is 60.7 Å². The lowest BCUT2D eigenvalue weighted by Gasteiger charge is -2.32. The van der Waals surface area contributed by atoms with Gasteiger partial charge in [-0.1, -0.05) is 109 Å². The van der Waals surface area contributed by atoms with Crippen LogP contribution in [0.3, 0.4) is 0 Å². The molecule has 244 valence electrons. The van der Waals surface area contributed by atoms with Crippen molar-refractivity contribution in [2.75, 3.05) is 4.90 Å².